The summed E-state index contributed by atoms with van der Waals surface area (Å²) in [6.07, 6.45) is 0. The van der Waals surface area contributed by atoms with E-state index in [1.165, 1.54) is 0 Å². The second-order valence-electron chi connectivity index (χ2n) is 1.26. The van der Waals surface area contributed by atoms with Crippen LogP contribution in [-0.4, -0.2) is 6.85 Å². The molecule has 30 valence electrons. The Morgan fingerprint density at radius 3 is 1.80 bits per heavy atom. The summed E-state index contributed by atoms with van der Waals surface area (Å²) in [5.74, 6) is 0. The highest BCUT2D eigenvalue weighted by Crippen LogP contribution is 1.73. The van der Waals surface area contributed by atoms with Gasteiger partial charge in [-0.05, 0) is 0 Å². The molecule has 0 aliphatic heterocycles. The average Bonchev–Trinajstić information content (AvgIpc) is 1.38. The topological polar surface area (TPSA) is 12.0 Å². The molecule has 1 N–H and O–H groups in total. The number of rotatable bonds is 1. The van der Waals surface area contributed by atoms with Crippen molar-refractivity contribution in [2.45, 2.75) is 13.6 Å². The summed E-state index contributed by atoms with van der Waals surface area (Å²) in [6, 6.07) is 0. The van der Waals surface area contributed by atoms with Gasteiger partial charge < -0.3 is 3.44 Å². The van der Waals surface area contributed by atoms with Crippen LogP contribution in [0.1, 0.15) is 0 Å². The monoisotopic (exact) mass is 183 g/mol. The molecule has 0 atom stereocenters. The normalized spacial score (nSPS) is 7.80. The molecule has 1 nitrogen and oxygen atoms in total. The minimum absolute atomic E-state index is 0.621. The molecular formula is C2H7BIN. The lowest BCUT2D eigenvalue weighted by molar-refractivity contribution is 1.64. The Hall–Kier alpha value is 0.755. The van der Waals surface area contributed by atoms with Crippen LogP contribution in [0.25, 0.3) is 0 Å². The van der Waals surface area contributed by atoms with E-state index in [0.29, 0.717) is 6.85 Å². The van der Waals surface area contributed by atoms with Crippen molar-refractivity contribution < 1.29 is 0 Å². The zero-order chi connectivity index (χ0) is 4.28. The molecule has 0 saturated heterocycles. The molecule has 0 spiro atoms. The van der Waals surface area contributed by atoms with E-state index in [-0.39, 0.29) is 0 Å². The standard InChI is InChI=1S/C2H7BIN/c1-3(2)5-4/h5H,1-2H3. The van der Waals surface area contributed by atoms with Crippen LogP contribution in [0.2, 0.25) is 13.6 Å². The molecule has 0 rings (SSSR count). The summed E-state index contributed by atoms with van der Waals surface area (Å²) in [7, 11) is 0. The lowest BCUT2D eigenvalue weighted by Gasteiger charge is -1.86. The van der Waals surface area contributed by atoms with Crippen molar-refractivity contribution >= 4 is 29.7 Å². The smallest absolute Gasteiger partial charge is 0.224 e. The van der Waals surface area contributed by atoms with Crippen LogP contribution < -0.4 is 3.44 Å². The van der Waals surface area contributed by atoms with Crippen molar-refractivity contribution in [3.63, 3.8) is 0 Å². The average molecular weight is 183 g/mol. The molecule has 3 heteroatoms. The molecule has 0 aromatic rings. The van der Waals surface area contributed by atoms with Crippen molar-refractivity contribution in [3.8, 4) is 0 Å². The van der Waals surface area contributed by atoms with Crippen LogP contribution in [-0.2, 0) is 0 Å². The highest BCUT2D eigenvalue weighted by molar-refractivity contribution is 14.1. The summed E-state index contributed by atoms with van der Waals surface area (Å²) < 4.78 is 3.00. The third-order valence-corrected chi connectivity index (χ3v) is 1.46. The zero-order valence-corrected chi connectivity index (χ0v) is 5.61. The Morgan fingerprint density at radius 1 is 1.60 bits per heavy atom. The molecule has 0 aromatic carbocycles. The van der Waals surface area contributed by atoms with Gasteiger partial charge in [-0.25, -0.2) is 0 Å². The van der Waals surface area contributed by atoms with E-state index in [9.17, 15) is 0 Å². The van der Waals surface area contributed by atoms with Crippen LogP contribution in [0.4, 0.5) is 0 Å². The second kappa shape index (κ2) is 2.97. The fraction of sp³-hybridized carbons (Fsp3) is 1.00. The number of hydrogen-bond donors (Lipinski definition) is 1. The third kappa shape index (κ3) is 4.75. The molecule has 0 amide bonds. The van der Waals surface area contributed by atoms with E-state index >= 15 is 0 Å². The first-order valence-electron chi connectivity index (χ1n) is 1.63. The van der Waals surface area contributed by atoms with Gasteiger partial charge in [-0.3, -0.25) is 0 Å². The number of nitrogens with one attached hydrogen (secondary N) is 1. The van der Waals surface area contributed by atoms with E-state index in [1.54, 1.807) is 0 Å². The summed E-state index contributed by atoms with van der Waals surface area (Å²) in [6.45, 7) is 4.83. The highest BCUT2D eigenvalue weighted by Gasteiger charge is 1.87. The van der Waals surface area contributed by atoms with Crippen LogP contribution in [0.15, 0.2) is 0 Å². The van der Waals surface area contributed by atoms with E-state index in [4.69, 9.17) is 0 Å². The maximum atomic E-state index is 3.00. The minimum Gasteiger partial charge on any atom is -0.300 e. The van der Waals surface area contributed by atoms with Crippen molar-refractivity contribution in [3.05, 3.63) is 0 Å². The van der Waals surface area contributed by atoms with E-state index < -0.39 is 0 Å². The maximum absolute atomic E-state index is 3.00. The largest absolute Gasteiger partial charge is 0.300 e. The predicted molar refractivity (Wildman–Crippen MR) is 34.6 cm³/mol. The van der Waals surface area contributed by atoms with Gasteiger partial charge in [0.25, 0.3) is 0 Å². The van der Waals surface area contributed by atoms with Gasteiger partial charge in [0.2, 0.25) is 6.85 Å². The van der Waals surface area contributed by atoms with Crippen LogP contribution in [0, 0.1) is 0 Å². The van der Waals surface area contributed by atoms with Crippen LogP contribution in [0.3, 0.4) is 0 Å². The van der Waals surface area contributed by atoms with Crippen LogP contribution in [0.5, 0.6) is 0 Å². The predicted octanol–water partition coefficient (Wildman–Crippen LogP) is 1.18. The van der Waals surface area contributed by atoms with Gasteiger partial charge in [-0.2, -0.15) is 0 Å². The summed E-state index contributed by atoms with van der Waals surface area (Å²) in [5.41, 5.74) is 0. The Labute approximate surface area is 47.1 Å². The summed E-state index contributed by atoms with van der Waals surface area (Å²) >= 11 is 2.13. The molecule has 0 aliphatic rings. The Bertz CT molecular complexity index is 23.6. The van der Waals surface area contributed by atoms with Gasteiger partial charge in [-0.1, -0.05) is 13.6 Å². The van der Waals surface area contributed by atoms with E-state index in [1.807, 2.05) is 0 Å². The Balaban J connectivity index is 2.54. The fourth-order valence-corrected chi connectivity index (χ4v) is 0. The van der Waals surface area contributed by atoms with Gasteiger partial charge in [0.1, 0.15) is 0 Å². The lowest BCUT2D eigenvalue weighted by atomic mass is 9.71. The van der Waals surface area contributed by atoms with Crippen molar-refractivity contribution in [2.24, 2.45) is 0 Å². The van der Waals surface area contributed by atoms with Gasteiger partial charge in [-0.15, -0.1) is 0 Å². The molecule has 0 unspecified atom stereocenters. The number of halogens is 1. The highest BCUT2D eigenvalue weighted by atomic mass is 127. The Morgan fingerprint density at radius 2 is 1.80 bits per heavy atom. The van der Waals surface area contributed by atoms with Gasteiger partial charge in [0, 0.05) is 22.9 Å². The SMILES string of the molecule is CB(C)NI. The summed E-state index contributed by atoms with van der Waals surface area (Å²) in [4.78, 5) is 0. The first kappa shape index (κ1) is 5.75. The first-order valence-corrected chi connectivity index (χ1v) is 2.71. The third-order valence-electron chi connectivity index (χ3n) is 0.218. The molecule has 0 bridgehead atoms. The first-order chi connectivity index (χ1) is 2.27. The van der Waals surface area contributed by atoms with Crippen molar-refractivity contribution in [2.75, 3.05) is 0 Å². The van der Waals surface area contributed by atoms with Crippen molar-refractivity contribution in [1.82, 2.24) is 3.44 Å². The molecule has 0 aromatic heterocycles. The summed E-state index contributed by atoms with van der Waals surface area (Å²) in [5, 5.41) is 0. The fourth-order valence-electron chi connectivity index (χ4n) is 0. The van der Waals surface area contributed by atoms with Gasteiger partial charge >= 0.3 is 0 Å². The Kier molecular flexibility index (Phi) is 3.41. The lowest BCUT2D eigenvalue weighted by Crippen LogP contribution is -2.14. The zero-order valence-electron chi connectivity index (χ0n) is 3.46. The molecule has 5 heavy (non-hydrogen) atoms. The quantitative estimate of drug-likeness (QED) is 0.365. The van der Waals surface area contributed by atoms with E-state index in [0.717, 1.165) is 0 Å². The molecule has 0 fully saturated rings. The van der Waals surface area contributed by atoms with Crippen molar-refractivity contribution in [1.29, 1.82) is 0 Å². The molecule has 0 heterocycles. The van der Waals surface area contributed by atoms with E-state index in [2.05, 4.69) is 40.0 Å². The minimum atomic E-state index is 0.621. The number of hydrogen-bond acceptors (Lipinski definition) is 1. The molecule has 0 aliphatic carbocycles. The van der Waals surface area contributed by atoms with Gasteiger partial charge in [0.05, 0.1) is 0 Å². The van der Waals surface area contributed by atoms with Crippen LogP contribution >= 0.6 is 22.9 Å². The second-order valence-corrected chi connectivity index (χ2v) is 1.89. The molecule has 0 radical (unpaired) electrons. The maximum Gasteiger partial charge on any atom is 0.224 e. The molecular weight excluding hydrogens is 176 g/mol. The van der Waals surface area contributed by atoms with Gasteiger partial charge in [0.15, 0.2) is 0 Å². The molecule has 0 saturated carbocycles.